The Morgan fingerprint density at radius 3 is 2.28 bits per heavy atom. The number of hydrogen-bond acceptors (Lipinski definition) is 3. The zero-order valence-electron chi connectivity index (χ0n) is 13.4. The van der Waals surface area contributed by atoms with Crippen molar-refractivity contribution in [1.82, 2.24) is 0 Å². The first-order valence-corrected chi connectivity index (χ1v) is 8.75. The standard InChI is InChI=1S/C19H15ClN2O2S/c1-12(23)21-15-3-2-4-16(11-15)22-19(24)18-10-9-17(25-18)13-5-7-14(20)8-6-13/h2-11H,1H3,(H,21,23)(H,22,24). The molecule has 0 spiro atoms. The van der Waals surface area contributed by atoms with Crippen molar-refractivity contribution in [3.05, 3.63) is 70.6 Å². The molecule has 0 bridgehead atoms. The molecule has 1 heterocycles. The highest BCUT2D eigenvalue weighted by molar-refractivity contribution is 7.17. The number of rotatable bonds is 4. The van der Waals surface area contributed by atoms with Gasteiger partial charge in [0, 0.05) is 28.2 Å². The van der Waals surface area contributed by atoms with Gasteiger partial charge in [0.05, 0.1) is 4.88 Å². The van der Waals surface area contributed by atoms with Gasteiger partial charge in [0.15, 0.2) is 0 Å². The Kier molecular flexibility index (Phi) is 5.16. The predicted molar refractivity (Wildman–Crippen MR) is 103 cm³/mol. The molecule has 3 rings (SSSR count). The first-order chi connectivity index (χ1) is 12.0. The summed E-state index contributed by atoms with van der Waals surface area (Å²) in [6.45, 7) is 1.44. The first-order valence-electron chi connectivity index (χ1n) is 7.56. The third-order valence-corrected chi connectivity index (χ3v) is 4.78. The van der Waals surface area contributed by atoms with Gasteiger partial charge in [0.25, 0.3) is 5.91 Å². The lowest BCUT2D eigenvalue weighted by atomic mass is 10.2. The average Bonchev–Trinajstić information content (AvgIpc) is 3.05. The molecule has 0 fully saturated rings. The molecule has 4 nitrogen and oxygen atoms in total. The summed E-state index contributed by atoms with van der Waals surface area (Å²) in [5, 5.41) is 6.21. The molecule has 0 saturated carbocycles. The normalized spacial score (nSPS) is 10.3. The van der Waals surface area contributed by atoms with Crippen LogP contribution >= 0.6 is 22.9 Å². The lowest BCUT2D eigenvalue weighted by Gasteiger charge is -2.07. The van der Waals surface area contributed by atoms with Crippen LogP contribution in [-0.4, -0.2) is 11.8 Å². The molecule has 126 valence electrons. The van der Waals surface area contributed by atoms with E-state index in [-0.39, 0.29) is 11.8 Å². The Hall–Kier alpha value is -2.63. The average molecular weight is 371 g/mol. The van der Waals surface area contributed by atoms with Crippen LogP contribution in [0.2, 0.25) is 5.02 Å². The Morgan fingerprint density at radius 2 is 1.60 bits per heavy atom. The van der Waals surface area contributed by atoms with Gasteiger partial charge in [-0.05, 0) is 48.0 Å². The second kappa shape index (κ2) is 7.51. The molecule has 0 unspecified atom stereocenters. The number of halogens is 1. The van der Waals surface area contributed by atoms with Gasteiger partial charge in [-0.2, -0.15) is 0 Å². The van der Waals surface area contributed by atoms with Crippen molar-refractivity contribution in [2.45, 2.75) is 6.92 Å². The second-order valence-corrected chi connectivity index (χ2v) is 6.91. The van der Waals surface area contributed by atoms with Gasteiger partial charge < -0.3 is 10.6 Å². The number of thiophene rings is 1. The molecule has 2 N–H and O–H groups in total. The maximum absolute atomic E-state index is 12.4. The molecule has 2 amide bonds. The smallest absolute Gasteiger partial charge is 0.265 e. The topological polar surface area (TPSA) is 58.2 Å². The third kappa shape index (κ3) is 4.47. The van der Waals surface area contributed by atoms with Crippen LogP contribution < -0.4 is 10.6 Å². The van der Waals surface area contributed by atoms with E-state index in [1.807, 2.05) is 30.3 Å². The number of hydrogen-bond donors (Lipinski definition) is 2. The summed E-state index contributed by atoms with van der Waals surface area (Å²) in [4.78, 5) is 25.2. The summed E-state index contributed by atoms with van der Waals surface area (Å²) in [5.41, 5.74) is 2.28. The van der Waals surface area contributed by atoms with Crippen LogP contribution in [0.25, 0.3) is 10.4 Å². The van der Waals surface area contributed by atoms with Crippen molar-refractivity contribution in [2.24, 2.45) is 0 Å². The fourth-order valence-electron chi connectivity index (χ4n) is 2.30. The van der Waals surface area contributed by atoms with Gasteiger partial charge in [-0.15, -0.1) is 11.3 Å². The zero-order valence-corrected chi connectivity index (χ0v) is 14.9. The quantitative estimate of drug-likeness (QED) is 0.656. The molecule has 0 aliphatic heterocycles. The van der Waals surface area contributed by atoms with Crippen molar-refractivity contribution in [3.63, 3.8) is 0 Å². The molecular formula is C19H15ClN2O2S. The van der Waals surface area contributed by atoms with Crippen molar-refractivity contribution in [3.8, 4) is 10.4 Å². The van der Waals surface area contributed by atoms with Gasteiger partial charge >= 0.3 is 0 Å². The number of nitrogens with one attached hydrogen (secondary N) is 2. The minimum Gasteiger partial charge on any atom is -0.326 e. The van der Waals surface area contributed by atoms with Crippen molar-refractivity contribution < 1.29 is 9.59 Å². The van der Waals surface area contributed by atoms with Crippen LogP contribution in [0.4, 0.5) is 11.4 Å². The number of amides is 2. The van der Waals surface area contributed by atoms with Crippen molar-refractivity contribution in [2.75, 3.05) is 10.6 Å². The Morgan fingerprint density at radius 1 is 0.920 bits per heavy atom. The van der Waals surface area contributed by atoms with Gasteiger partial charge in [-0.3, -0.25) is 9.59 Å². The van der Waals surface area contributed by atoms with E-state index in [1.54, 1.807) is 30.3 Å². The molecule has 2 aromatic carbocycles. The molecule has 3 aromatic rings. The minimum atomic E-state index is -0.190. The minimum absolute atomic E-state index is 0.158. The summed E-state index contributed by atoms with van der Waals surface area (Å²) >= 11 is 7.31. The molecule has 6 heteroatoms. The van der Waals surface area contributed by atoms with Crippen LogP contribution in [0.1, 0.15) is 16.6 Å². The van der Waals surface area contributed by atoms with Crippen LogP contribution in [0, 0.1) is 0 Å². The highest BCUT2D eigenvalue weighted by atomic mass is 35.5. The van der Waals surface area contributed by atoms with Gasteiger partial charge in [0.2, 0.25) is 5.91 Å². The lowest BCUT2D eigenvalue weighted by Crippen LogP contribution is -2.11. The Bertz CT molecular complexity index is 919. The van der Waals surface area contributed by atoms with Crippen molar-refractivity contribution >= 4 is 46.1 Å². The van der Waals surface area contributed by atoms with Crippen LogP contribution in [0.3, 0.4) is 0 Å². The largest absolute Gasteiger partial charge is 0.326 e. The van der Waals surface area contributed by atoms with E-state index in [0.29, 0.717) is 21.3 Å². The van der Waals surface area contributed by atoms with E-state index in [9.17, 15) is 9.59 Å². The van der Waals surface area contributed by atoms with Gasteiger partial charge in [-0.1, -0.05) is 29.8 Å². The van der Waals surface area contributed by atoms with Gasteiger partial charge in [-0.25, -0.2) is 0 Å². The molecule has 25 heavy (non-hydrogen) atoms. The molecule has 0 aliphatic carbocycles. The lowest BCUT2D eigenvalue weighted by molar-refractivity contribution is -0.114. The van der Waals surface area contributed by atoms with E-state index < -0.39 is 0 Å². The molecule has 0 saturated heterocycles. The summed E-state index contributed by atoms with van der Waals surface area (Å²) in [6, 6.07) is 18.2. The molecule has 1 aromatic heterocycles. The number of carbonyl (C=O) groups is 2. The predicted octanol–water partition coefficient (Wildman–Crippen LogP) is 5.28. The Balaban J connectivity index is 1.74. The summed E-state index contributed by atoms with van der Waals surface area (Å²) in [7, 11) is 0. The highest BCUT2D eigenvalue weighted by Crippen LogP contribution is 2.29. The fraction of sp³-hybridized carbons (Fsp3) is 0.0526. The summed E-state index contributed by atoms with van der Waals surface area (Å²) < 4.78 is 0. The van der Waals surface area contributed by atoms with E-state index in [2.05, 4.69) is 10.6 Å². The SMILES string of the molecule is CC(=O)Nc1cccc(NC(=O)c2ccc(-c3ccc(Cl)cc3)s2)c1. The Labute approximate surface area is 154 Å². The first kappa shape index (κ1) is 17.2. The third-order valence-electron chi connectivity index (χ3n) is 3.40. The molecule has 0 radical (unpaired) electrons. The summed E-state index contributed by atoms with van der Waals surface area (Å²) in [5.74, 6) is -0.348. The number of carbonyl (C=O) groups excluding carboxylic acids is 2. The summed E-state index contributed by atoms with van der Waals surface area (Å²) in [6.07, 6.45) is 0. The maximum Gasteiger partial charge on any atom is 0.265 e. The van der Waals surface area contributed by atoms with E-state index >= 15 is 0 Å². The zero-order chi connectivity index (χ0) is 17.8. The second-order valence-electron chi connectivity index (χ2n) is 5.39. The van der Waals surface area contributed by atoms with Gasteiger partial charge in [0.1, 0.15) is 0 Å². The molecule has 0 aliphatic rings. The number of benzene rings is 2. The van der Waals surface area contributed by atoms with Crippen molar-refractivity contribution in [1.29, 1.82) is 0 Å². The van der Waals surface area contributed by atoms with Crippen LogP contribution in [0.15, 0.2) is 60.7 Å². The number of anilines is 2. The van der Waals surface area contributed by atoms with E-state index in [1.165, 1.54) is 18.3 Å². The fourth-order valence-corrected chi connectivity index (χ4v) is 3.33. The van der Waals surface area contributed by atoms with E-state index in [4.69, 9.17) is 11.6 Å². The molecular weight excluding hydrogens is 356 g/mol. The maximum atomic E-state index is 12.4. The molecule has 0 atom stereocenters. The van der Waals surface area contributed by atoms with Crippen LogP contribution in [-0.2, 0) is 4.79 Å². The monoisotopic (exact) mass is 370 g/mol. The highest BCUT2D eigenvalue weighted by Gasteiger charge is 2.11. The van der Waals surface area contributed by atoms with E-state index in [0.717, 1.165) is 10.4 Å². The van der Waals surface area contributed by atoms with Crippen LogP contribution in [0.5, 0.6) is 0 Å².